The summed E-state index contributed by atoms with van der Waals surface area (Å²) in [5.41, 5.74) is 1.17. The van der Waals surface area contributed by atoms with Gasteiger partial charge in [-0.15, -0.1) is 11.3 Å². The number of nitrogens with one attached hydrogen (secondary N) is 1. The minimum Gasteiger partial charge on any atom is -0.311 e. The molecule has 4 heteroatoms. The summed E-state index contributed by atoms with van der Waals surface area (Å²) in [6.07, 6.45) is 3.83. The highest BCUT2D eigenvalue weighted by molar-refractivity contribution is 9.09. The molecule has 0 saturated heterocycles. The van der Waals surface area contributed by atoms with E-state index < -0.39 is 0 Å². The maximum atomic E-state index is 4.39. The van der Waals surface area contributed by atoms with Gasteiger partial charge in [-0.25, -0.2) is 4.98 Å². The molecule has 0 amide bonds. The molecule has 0 aliphatic rings. The van der Waals surface area contributed by atoms with E-state index in [0.29, 0.717) is 0 Å². The van der Waals surface area contributed by atoms with Crippen LogP contribution in [0.5, 0.6) is 0 Å². The van der Waals surface area contributed by atoms with Crippen LogP contribution < -0.4 is 5.32 Å². The van der Waals surface area contributed by atoms with E-state index in [-0.39, 0.29) is 0 Å². The average molecular weight is 277 g/mol. The summed E-state index contributed by atoms with van der Waals surface area (Å²) in [6, 6.07) is 0. The van der Waals surface area contributed by atoms with Crippen molar-refractivity contribution in [3.8, 4) is 0 Å². The summed E-state index contributed by atoms with van der Waals surface area (Å²) < 4.78 is 0. The lowest BCUT2D eigenvalue weighted by molar-refractivity contribution is 0.614. The van der Waals surface area contributed by atoms with Crippen LogP contribution in [0, 0.1) is 6.92 Å². The fraction of sp³-hybridized carbons (Fsp3) is 0.700. The minimum absolute atomic E-state index is 0.915. The molecule has 1 aromatic rings. The van der Waals surface area contributed by atoms with Gasteiger partial charge in [0.15, 0.2) is 0 Å². The quantitative estimate of drug-likeness (QED) is 0.612. The minimum atomic E-state index is 0.915. The van der Waals surface area contributed by atoms with Gasteiger partial charge in [0.2, 0.25) is 0 Å². The second-order valence-electron chi connectivity index (χ2n) is 3.28. The lowest BCUT2D eigenvalue weighted by Gasteiger charge is -2.01. The first-order valence-electron chi connectivity index (χ1n) is 5.00. The van der Waals surface area contributed by atoms with E-state index in [1.165, 1.54) is 25.0 Å². The predicted octanol–water partition coefficient (Wildman–Crippen LogP) is 3.11. The Bertz CT molecular complexity index is 250. The molecule has 0 spiro atoms. The van der Waals surface area contributed by atoms with Crippen LogP contribution in [-0.2, 0) is 6.54 Å². The van der Waals surface area contributed by atoms with E-state index in [9.17, 15) is 0 Å². The molecule has 1 heterocycles. The lowest BCUT2D eigenvalue weighted by atomic mass is 10.2. The molecule has 0 aliphatic carbocycles. The second kappa shape index (κ2) is 7.37. The number of nitrogens with zero attached hydrogens (tertiary/aromatic N) is 1. The molecule has 0 aliphatic heterocycles. The van der Waals surface area contributed by atoms with Gasteiger partial charge in [0.25, 0.3) is 0 Å². The van der Waals surface area contributed by atoms with Gasteiger partial charge in [-0.05, 0) is 26.3 Å². The third-order valence-corrected chi connectivity index (χ3v) is 3.34. The Morgan fingerprint density at radius 1 is 1.43 bits per heavy atom. The van der Waals surface area contributed by atoms with Crippen molar-refractivity contribution in [1.82, 2.24) is 10.3 Å². The molecule has 1 rings (SSSR count). The Kier molecular flexibility index (Phi) is 6.39. The molecule has 0 saturated carbocycles. The molecule has 80 valence electrons. The number of hydrogen-bond acceptors (Lipinski definition) is 3. The molecule has 0 bridgehead atoms. The summed E-state index contributed by atoms with van der Waals surface area (Å²) in [4.78, 5) is 4.39. The van der Waals surface area contributed by atoms with Gasteiger partial charge in [0.1, 0.15) is 0 Å². The largest absolute Gasteiger partial charge is 0.311 e. The molecule has 1 N–H and O–H groups in total. The van der Waals surface area contributed by atoms with Gasteiger partial charge in [0, 0.05) is 17.3 Å². The highest BCUT2D eigenvalue weighted by atomic mass is 79.9. The molecule has 0 aromatic carbocycles. The first-order chi connectivity index (χ1) is 6.83. The summed E-state index contributed by atoms with van der Waals surface area (Å²) in [5, 5.41) is 7.81. The molecule has 14 heavy (non-hydrogen) atoms. The van der Waals surface area contributed by atoms with E-state index >= 15 is 0 Å². The third kappa shape index (κ3) is 5.08. The molecule has 0 radical (unpaired) electrons. The molecule has 2 nitrogen and oxygen atoms in total. The monoisotopic (exact) mass is 276 g/mol. The Hall–Kier alpha value is 0.0700. The number of aromatic nitrogens is 1. The van der Waals surface area contributed by atoms with Crippen molar-refractivity contribution in [2.24, 2.45) is 0 Å². The van der Waals surface area contributed by atoms with Crippen LogP contribution in [0.25, 0.3) is 0 Å². The van der Waals surface area contributed by atoms with E-state index in [0.717, 1.165) is 23.4 Å². The van der Waals surface area contributed by atoms with Gasteiger partial charge >= 0.3 is 0 Å². The van der Waals surface area contributed by atoms with Gasteiger partial charge in [0.05, 0.1) is 10.7 Å². The topological polar surface area (TPSA) is 24.9 Å². The number of hydrogen-bond donors (Lipinski definition) is 1. The number of thiazole rings is 1. The van der Waals surface area contributed by atoms with Crippen molar-refractivity contribution < 1.29 is 0 Å². The molecule has 0 atom stereocenters. The number of aryl methyl sites for hydroxylation is 1. The first kappa shape index (κ1) is 12.1. The SMILES string of the molecule is Cc1nc(CNCCCCCBr)cs1. The molecule has 0 fully saturated rings. The Labute approximate surface area is 98.3 Å². The summed E-state index contributed by atoms with van der Waals surface area (Å²) in [5.74, 6) is 0. The van der Waals surface area contributed by atoms with Gasteiger partial charge in [-0.1, -0.05) is 22.4 Å². The first-order valence-corrected chi connectivity index (χ1v) is 7.00. The van der Waals surface area contributed by atoms with Crippen LogP contribution in [0.15, 0.2) is 5.38 Å². The van der Waals surface area contributed by atoms with Gasteiger partial charge < -0.3 is 5.32 Å². The Balaban J connectivity index is 1.99. The number of alkyl halides is 1. The maximum absolute atomic E-state index is 4.39. The maximum Gasteiger partial charge on any atom is 0.0897 e. The van der Waals surface area contributed by atoms with E-state index in [2.05, 4.69) is 31.6 Å². The van der Waals surface area contributed by atoms with Crippen molar-refractivity contribution in [2.45, 2.75) is 32.7 Å². The van der Waals surface area contributed by atoms with Crippen molar-refractivity contribution in [2.75, 3.05) is 11.9 Å². The fourth-order valence-corrected chi connectivity index (χ4v) is 2.24. The summed E-state index contributed by atoms with van der Waals surface area (Å²) >= 11 is 5.15. The van der Waals surface area contributed by atoms with Crippen molar-refractivity contribution in [1.29, 1.82) is 0 Å². The third-order valence-electron chi connectivity index (χ3n) is 1.96. The number of halogens is 1. The zero-order valence-electron chi connectivity index (χ0n) is 8.55. The Morgan fingerprint density at radius 3 is 2.93 bits per heavy atom. The standard InChI is InChI=1S/C10H17BrN2S/c1-9-13-10(8-14-9)7-12-6-4-2-3-5-11/h8,12H,2-7H2,1H3. The van der Waals surface area contributed by atoms with Crippen molar-refractivity contribution in [3.05, 3.63) is 16.1 Å². The van der Waals surface area contributed by atoms with Crippen LogP contribution in [0.2, 0.25) is 0 Å². The number of rotatable bonds is 7. The van der Waals surface area contributed by atoms with E-state index in [4.69, 9.17) is 0 Å². The number of unbranched alkanes of at least 4 members (excludes halogenated alkanes) is 2. The van der Waals surface area contributed by atoms with Crippen LogP contribution in [0.4, 0.5) is 0 Å². The highest BCUT2D eigenvalue weighted by Gasteiger charge is 1.96. The normalized spacial score (nSPS) is 10.7. The molecule has 1 aromatic heterocycles. The van der Waals surface area contributed by atoms with E-state index in [1.807, 2.05) is 6.92 Å². The van der Waals surface area contributed by atoms with Gasteiger partial charge in [-0.3, -0.25) is 0 Å². The molecular weight excluding hydrogens is 260 g/mol. The summed E-state index contributed by atoms with van der Waals surface area (Å²) in [6.45, 7) is 4.06. The molecular formula is C10H17BrN2S. The van der Waals surface area contributed by atoms with Crippen LogP contribution in [-0.4, -0.2) is 16.9 Å². The van der Waals surface area contributed by atoms with Crippen LogP contribution >= 0.6 is 27.3 Å². The average Bonchev–Trinajstić information content (AvgIpc) is 2.58. The van der Waals surface area contributed by atoms with Crippen molar-refractivity contribution >= 4 is 27.3 Å². The molecule has 0 unspecified atom stereocenters. The highest BCUT2D eigenvalue weighted by Crippen LogP contribution is 2.07. The zero-order chi connectivity index (χ0) is 10.2. The zero-order valence-corrected chi connectivity index (χ0v) is 11.0. The second-order valence-corrected chi connectivity index (χ2v) is 5.14. The van der Waals surface area contributed by atoms with Crippen molar-refractivity contribution in [3.63, 3.8) is 0 Å². The lowest BCUT2D eigenvalue weighted by Crippen LogP contribution is -2.14. The van der Waals surface area contributed by atoms with E-state index in [1.54, 1.807) is 11.3 Å². The van der Waals surface area contributed by atoms with Crippen LogP contribution in [0.3, 0.4) is 0 Å². The van der Waals surface area contributed by atoms with Gasteiger partial charge in [-0.2, -0.15) is 0 Å². The fourth-order valence-electron chi connectivity index (χ4n) is 1.23. The van der Waals surface area contributed by atoms with Crippen LogP contribution in [0.1, 0.15) is 30.0 Å². The smallest absolute Gasteiger partial charge is 0.0897 e. The predicted molar refractivity (Wildman–Crippen MR) is 66.2 cm³/mol. The Morgan fingerprint density at radius 2 is 2.29 bits per heavy atom. The summed E-state index contributed by atoms with van der Waals surface area (Å²) in [7, 11) is 0.